The van der Waals surface area contributed by atoms with Crippen molar-refractivity contribution in [1.29, 1.82) is 0 Å². The average molecular weight is 295 g/mol. The van der Waals surface area contributed by atoms with Crippen molar-refractivity contribution >= 4 is 0 Å². The zero-order valence-electron chi connectivity index (χ0n) is 13.8. The number of allylic oxidation sites excluding steroid dienone is 2. The fourth-order valence-corrected chi connectivity index (χ4v) is 3.61. The Labute approximate surface area is 130 Å². The molecule has 0 heterocycles. The number of hydrogen-bond donors (Lipinski definition) is 2. The molecule has 0 saturated heterocycles. The van der Waals surface area contributed by atoms with Crippen LogP contribution in [-0.4, -0.2) is 37.5 Å². The number of aliphatic hydroxyl groups is 1. The van der Waals surface area contributed by atoms with E-state index < -0.39 is 0 Å². The summed E-state index contributed by atoms with van der Waals surface area (Å²) in [5.41, 5.74) is 0. The fraction of sp³-hybridized carbons (Fsp3) is 0.889. The number of hydrogen-bond acceptors (Lipinski definition) is 3. The number of aliphatic hydroxyl groups excluding tert-OH is 1. The van der Waals surface area contributed by atoms with Crippen molar-refractivity contribution < 1.29 is 9.84 Å². The lowest BCUT2D eigenvalue weighted by atomic mass is 9.85. The van der Waals surface area contributed by atoms with Crippen LogP contribution in [0.15, 0.2) is 12.2 Å². The van der Waals surface area contributed by atoms with E-state index in [0.717, 1.165) is 37.8 Å². The standard InChI is InChI=1S/C18H33NO2/c1-14-7-5-9-16(14)10-19-11-18(20)13-21-12-17-8-4-3-6-15(17)2/h3-4,14-20H,5-13H2,1-2H3. The van der Waals surface area contributed by atoms with Crippen LogP contribution in [0.1, 0.15) is 46.0 Å². The lowest BCUT2D eigenvalue weighted by Gasteiger charge is -2.25. The first kappa shape index (κ1) is 17.0. The van der Waals surface area contributed by atoms with Crippen LogP contribution in [0.25, 0.3) is 0 Å². The number of ether oxygens (including phenoxy) is 1. The molecule has 0 aliphatic heterocycles. The molecule has 21 heavy (non-hydrogen) atoms. The summed E-state index contributed by atoms with van der Waals surface area (Å²) in [7, 11) is 0. The van der Waals surface area contributed by atoms with Crippen LogP contribution in [0.3, 0.4) is 0 Å². The Kier molecular flexibility index (Phi) is 7.21. The summed E-state index contributed by atoms with van der Waals surface area (Å²) in [5.74, 6) is 2.96. The maximum Gasteiger partial charge on any atom is 0.0897 e. The fourth-order valence-electron chi connectivity index (χ4n) is 3.61. The molecule has 122 valence electrons. The Balaban J connectivity index is 1.51. The molecule has 0 radical (unpaired) electrons. The van der Waals surface area contributed by atoms with Gasteiger partial charge < -0.3 is 15.2 Å². The maximum absolute atomic E-state index is 9.98. The van der Waals surface area contributed by atoms with Gasteiger partial charge in [0.25, 0.3) is 0 Å². The van der Waals surface area contributed by atoms with Gasteiger partial charge in [-0.3, -0.25) is 0 Å². The van der Waals surface area contributed by atoms with Crippen LogP contribution in [0.2, 0.25) is 0 Å². The molecule has 2 aliphatic rings. The predicted octanol–water partition coefficient (Wildman–Crippen LogP) is 2.99. The van der Waals surface area contributed by atoms with Gasteiger partial charge in [0.05, 0.1) is 19.3 Å². The summed E-state index contributed by atoms with van der Waals surface area (Å²) in [4.78, 5) is 0. The molecular formula is C18H33NO2. The van der Waals surface area contributed by atoms with E-state index >= 15 is 0 Å². The van der Waals surface area contributed by atoms with E-state index in [4.69, 9.17) is 4.74 Å². The Morgan fingerprint density at radius 3 is 2.67 bits per heavy atom. The smallest absolute Gasteiger partial charge is 0.0897 e. The second kappa shape index (κ2) is 8.92. The maximum atomic E-state index is 9.98. The first-order chi connectivity index (χ1) is 10.2. The van der Waals surface area contributed by atoms with Gasteiger partial charge in [0.2, 0.25) is 0 Å². The monoisotopic (exact) mass is 295 g/mol. The summed E-state index contributed by atoms with van der Waals surface area (Å²) in [5, 5.41) is 13.4. The normalized spacial score (nSPS) is 34.2. The van der Waals surface area contributed by atoms with E-state index in [1.807, 2.05) is 0 Å². The molecule has 5 unspecified atom stereocenters. The molecule has 1 saturated carbocycles. The van der Waals surface area contributed by atoms with Gasteiger partial charge in [0, 0.05) is 6.54 Å². The minimum absolute atomic E-state index is 0.379. The molecule has 2 N–H and O–H groups in total. The molecule has 0 aromatic heterocycles. The Bertz CT molecular complexity index is 318. The van der Waals surface area contributed by atoms with Crippen molar-refractivity contribution in [3.63, 3.8) is 0 Å². The summed E-state index contributed by atoms with van der Waals surface area (Å²) < 4.78 is 5.73. The highest BCUT2D eigenvalue weighted by Crippen LogP contribution is 2.30. The molecule has 0 spiro atoms. The van der Waals surface area contributed by atoms with E-state index in [9.17, 15) is 5.11 Å². The summed E-state index contributed by atoms with van der Waals surface area (Å²) in [6.07, 6.45) is 10.5. The number of rotatable bonds is 8. The van der Waals surface area contributed by atoms with Gasteiger partial charge in [-0.1, -0.05) is 38.8 Å². The SMILES string of the molecule is CC1CCCC1CNCC(O)COCC1CC=CCC1C. The van der Waals surface area contributed by atoms with Crippen molar-refractivity contribution in [2.45, 2.75) is 52.1 Å². The summed E-state index contributed by atoms with van der Waals surface area (Å²) in [6, 6.07) is 0. The zero-order chi connectivity index (χ0) is 15.1. The number of nitrogens with one attached hydrogen (secondary N) is 1. The lowest BCUT2D eigenvalue weighted by molar-refractivity contribution is 0.0125. The highest BCUT2D eigenvalue weighted by molar-refractivity contribution is 4.93. The quantitative estimate of drug-likeness (QED) is 0.676. The van der Waals surface area contributed by atoms with E-state index in [-0.39, 0.29) is 6.10 Å². The molecule has 0 aromatic carbocycles. The molecule has 2 aliphatic carbocycles. The Morgan fingerprint density at radius 2 is 1.95 bits per heavy atom. The van der Waals surface area contributed by atoms with Crippen LogP contribution in [0.4, 0.5) is 0 Å². The minimum atomic E-state index is -0.379. The van der Waals surface area contributed by atoms with E-state index in [1.165, 1.54) is 19.3 Å². The first-order valence-electron chi connectivity index (χ1n) is 8.78. The third kappa shape index (κ3) is 5.72. The van der Waals surface area contributed by atoms with E-state index in [1.54, 1.807) is 0 Å². The van der Waals surface area contributed by atoms with Crippen LogP contribution >= 0.6 is 0 Å². The van der Waals surface area contributed by atoms with Crippen LogP contribution in [0.5, 0.6) is 0 Å². The zero-order valence-corrected chi connectivity index (χ0v) is 13.8. The van der Waals surface area contributed by atoms with Crippen molar-refractivity contribution in [1.82, 2.24) is 5.32 Å². The second-order valence-electron chi connectivity index (χ2n) is 7.20. The van der Waals surface area contributed by atoms with Crippen molar-refractivity contribution in [3.8, 4) is 0 Å². The topological polar surface area (TPSA) is 41.5 Å². The van der Waals surface area contributed by atoms with Crippen molar-refractivity contribution in [2.24, 2.45) is 23.7 Å². The van der Waals surface area contributed by atoms with Gasteiger partial charge >= 0.3 is 0 Å². The van der Waals surface area contributed by atoms with Crippen molar-refractivity contribution in [2.75, 3.05) is 26.3 Å². The van der Waals surface area contributed by atoms with Crippen molar-refractivity contribution in [3.05, 3.63) is 12.2 Å². The lowest BCUT2D eigenvalue weighted by Crippen LogP contribution is -2.34. The van der Waals surface area contributed by atoms with Gasteiger partial charge in [-0.25, -0.2) is 0 Å². The minimum Gasteiger partial charge on any atom is -0.389 e. The van der Waals surface area contributed by atoms with Gasteiger partial charge in [0.15, 0.2) is 0 Å². The van der Waals surface area contributed by atoms with E-state index in [2.05, 4.69) is 31.3 Å². The Morgan fingerprint density at radius 1 is 1.14 bits per heavy atom. The van der Waals surface area contributed by atoms with Crippen LogP contribution < -0.4 is 5.32 Å². The second-order valence-corrected chi connectivity index (χ2v) is 7.20. The van der Waals surface area contributed by atoms with E-state index in [0.29, 0.717) is 25.0 Å². The summed E-state index contributed by atoms with van der Waals surface area (Å²) >= 11 is 0. The molecule has 3 heteroatoms. The third-order valence-corrected chi connectivity index (χ3v) is 5.39. The van der Waals surface area contributed by atoms with Crippen LogP contribution in [0, 0.1) is 23.7 Å². The van der Waals surface area contributed by atoms with Gasteiger partial charge in [0.1, 0.15) is 0 Å². The molecule has 0 bridgehead atoms. The van der Waals surface area contributed by atoms with Gasteiger partial charge in [-0.05, 0) is 49.5 Å². The van der Waals surface area contributed by atoms with Gasteiger partial charge in [-0.2, -0.15) is 0 Å². The first-order valence-corrected chi connectivity index (χ1v) is 8.78. The molecule has 1 fully saturated rings. The highest BCUT2D eigenvalue weighted by Gasteiger charge is 2.23. The Hall–Kier alpha value is -0.380. The molecule has 2 rings (SSSR count). The van der Waals surface area contributed by atoms with Gasteiger partial charge in [-0.15, -0.1) is 0 Å². The molecule has 3 nitrogen and oxygen atoms in total. The summed E-state index contributed by atoms with van der Waals surface area (Å²) in [6.45, 7) is 7.57. The average Bonchev–Trinajstić information content (AvgIpc) is 2.87. The molecule has 0 aromatic rings. The third-order valence-electron chi connectivity index (χ3n) is 5.39. The molecule has 0 amide bonds. The predicted molar refractivity (Wildman–Crippen MR) is 87.2 cm³/mol. The largest absolute Gasteiger partial charge is 0.389 e. The highest BCUT2D eigenvalue weighted by atomic mass is 16.5. The molecular weight excluding hydrogens is 262 g/mol. The van der Waals surface area contributed by atoms with Crippen LogP contribution in [-0.2, 0) is 4.74 Å². The molecule has 5 atom stereocenters.